The molecule has 0 spiro atoms. The van der Waals surface area contributed by atoms with Crippen LogP contribution in [0.4, 0.5) is 22.0 Å². The van der Waals surface area contributed by atoms with E-state index in [1.165, 1.54) is 48.3 Å². The number of hydrogen-bond acceptors (Lipinski definition) is 6. The Bertz CT molecular complexity index is 1650. The second-order valence-corrected chi connectivity index (χ2v) is 13.0. The average Bonchev–Trinajstić information content (AvgIpc) is 3.71. The van der Waals surface area contributed by atoms with E-state index in [-0.39, 0.29) is 16.0 Å². The van der Waals surface area contributed by atoms with Gasteiger partial charge in [0.05, 0.1) is 14.6 Å². The smallest absolute Gasteiger partial charge is 0.235 e. The Balaban J connectivity index is 1.40. The third-order valence-corrected chi connectivity index (χ3v) is 10.7. The van der Waals surface area contributed by atoms with Crippen molar-refractivity contribution in [3.05, 3.63) is 79.8 Å². The molecule has 0 amide bonds. The monoisotopic (exact) mass is 622 g/mol. The molecule has 41 heavy (non-hydrogen) atoms. The van der Waals surface area contributed by atoms with Gasteiger partial charge in [-0.15, -0.1) is 34.0 Å². The highest BCUT2D eigenvalue weighted by Crippen LogP contribution is 2.48. The molecule has 3 nitrogen and oxygen atoms in total. The molecule has 0 aliphatic heterocycles. The fraction of sp³-hybridized carbons (Fsp3) is 0.300. The van der Waals surface area contributed by atoms with Crippen molar-refractivity contribution in [2.24, 2.45) is 0 Å². The highest BCUT2D eigenvalue weighted by molar-refractivity contribution is 7.27. The van der Waals surface area contributed by atoms with Crippen molar-refractivity contribution in [2.75, 3.05) is 0 Å². The lowest BCUT2D eigenvalue weighted by Gasteiger charge is -2.08. The van der Waals surface area contributed by atoms with E-state index in [9.17, 15) is 36.3 Å². The van der Waals surface area contributed by atoms with Gasteiger partial charge in [0.15, 0.2) is 23.3 Å². The molecule has 214 valence electrons. The van der Waals surface area contributed by atoms with E-state index in [0.29, 0.717) is 16.2 Å². The van der Waals surface area contributed by atoms with Gasteiger partial charge in [-0.3, -0.25) is 14.4 Å². The van der Waals surface area contributed by atoms with Gasteiger partial charge in [-0.2, -0.15) is 0 Å². The van der Waals surface area contributed by atoms with Crippen LogP contribution in [0.2, 0.25) is 0 Å². The molecule has 1 aliphatic carbocycles. The molecule has 5 rings (SSSR count). The summed E-state index contributed by atoms with van der Waals surface area (Å²) in [5.41, 5.74) is -1.60. The van der Waals surface area contributed by atoms with Crippen molar-refractivity contribution in [3.63, 3.8) is 0 Å². The number of ketones is 3. The number of carbonyl (C=O) groups is 3. The quantitative estimate of drug-likeness (QED) is 0.0418. The summed E-state index contributed by atoms with van der Waals surface area (Å²) in [5.74, 6) is -14.5. The lowest BCUT2D eigenvalue weighted by molar-refractivity contribution is 0.0816. The summed E-state index contributed by atoms with van der Waals surface area (Å²) in [5, 5.41) is 0. The molecule has 4 aromatic rings. The molecule has 3 aromatic heterocycles. The Labute approximate surface area is 244 Å². The molecule has 0 unspecified atom stereocenters. The van der Waals surface area contributed by atoms with E-state index < -0.39 is 56.9 Å². The zero-order valence-electron chi connectivity index (χ0n) is 21.8. The zero-order valence-corrected chi connectivity index (χ0v) is 24.3. The Morgan fingerprint density at radius 3 is 1.88 bits per heavy atom. The summed E-state index contributed by atoms with van der Waals surface area (Å²) >= 11 is 3.51. The van der Waals surface area contributed by atoms with Crippen LogP contribution < -0.4 is 0 Å². The summed E-state index contributed by atoms with van der Waals surface area (Å²) in [7, 11) is 0. The number of Topliss-reactive ketones (excluding diaryl/α,β-unsaturated/α-hetero) is 2. The van der Waals surface area contributed by atoms with Gasteiger partial charge in [-0.25, -0.2) is 22.0 Å². The van der Waals surface area contributed by atoms with Crippen LogP contribution in [0.3, 0.4) is 0 Å². The second-order valence-electron chi connectivity index (χ2n) is 9.78. The maximum absolute atomic E-state index is 14.3. The van der Waals surface area contributed by atoms with E-state index in [0.717, 1.165) is 35.1 Å². The number of benzene rings is 1. The SMILES string of the molecule is CCCCCCCCCc1ccc(-c2cc3c(s2)-c2sc(C(=O)c4c(F)c(F)c(F)c(F)c4F)cc2C(=O)C3=O)s1. The molecule has 0 atom stereocenters. The van der Waals surface area contributed by atoms with Crippen LogP contribution in [0.25, 0.3) is 19.5 Å². The molecule has 0 radical (unpaired) electrons. The highest BCUT2D eigenvalue weighted by Gasteiger charge is 2.37. The summed E-state index contributed by atoms with van der Waals surface area (Å²) in [4.78, 5) is 41.8. The summed E-state index contributed by atoms with van der Waals surface area (Å²) in [6.45, 7) is 2.19. The third-order valence-electron chi connectivity index (χ3n) is 6.96. The van der Waals surface area contributed by atoms with Gasteiger partial charge in [0.25, 0.3) is 0 Å². The van der Waals surface area contributed by atoms with Gasteiger partial charge in [-0.1, -0.05) is 45.4 Å². The number of fused-ring (bicyclic) bond motifs is 3. The first-order valence-electron chi connectivity index (χ1n) is 13.2. The summed E-state index contributed by atoms with van der Waals surface area (Å²) < 4.78 is 69.5. The largest absolute Gasteiger partial charge is 0.287 e. The fourth-order valence-electron chi connectivity index (χ4n) is 4.76. The Morgan fingerprint density at radius 2 is 1.22 bits per heavy atom. The molecule has 3 heterocycles. The zero-order chi connectivity index (χ0) is 29.4. The Kier molecular flexibility index (Phi) is 8.68. The minimum Gasteiger partial charge on any atom is -0.287 e. The van der Waals surface area contributed by atoms with Gasteiger partial charge in [0.1, 0.15) is 5.56 Å². The van der Waals surface area contributed by atoms with E-state index in [2.05, 4.69) is 6.92 Å². The van der Waals surface area contributed by atoms with Crippen LogP contribution in [0.5, 0.6) is 0 Å². The lowest BCUT2D eigenvalue weighted by atomic mass is 9.94. The van der Waals surface area contributed by atoms with Gasteiger partial charge in [-0.05, 0) is 37.1 Å². The van der Waals surface area contributed by atoms with Gasteiger partial charge >= 0.3 is 0 Å². The number of rotatable bonds is 11. The maximum atomic E-state index is 14.3. The van der Waals surface area contributed by atoms with Crippen LogP contribution >= 0.6 is 34.0 Å². The van der Waals surface area contributed by atoms with Crippen molar-refractivity contribution in [3.8, 4) is 19.5 Å². The van der Waals surface area contributed by atoms with Crippen molar-refractivity contribution in [2.45, 2.75) is 58.3 Å². The number of carbonyl (C=O) groups excluding carboxylic acids is 3. The Hall–Kier alpha value is -3.02. The standard InChI is InChI=1S/C30H23F5O3S3/c1-2-3-4-5-6-7-8-9-14-10-11-17(39-14)18-12-15-26(36)27(37)16-13-19(41-30(16)29(15)40-18)28(38)20-21(31)23(33)25(35)24(34)22(20)32/h10-13H,2-9H2,1H3. The van der Waals surface area contributed by atoms with Crippen LogP contribution in [0.1, 0.15) is 92.7 Å². The molecular weight excluding hydrogens is 600 g/mol. The number of aryl methyl sites for hydroxylation is 1. The minimum absolute atomic E-state index is 0.140. The number of unbranched alkanes of at least 4 members (excludes halogenated alkanes) is 6. The molecule has 0 N–H and O–H groups in total. The molecule has 0 fully saturated rings. The molecule has 0 saturated carbocycles. The van der Waals surface area contributed by atoms with Gasteiger partial charge in [0, 0.05) is 25.8 Å². The van der Waals surface area contributed by atoms with E-state index in [1.54, 1.807) is 17.4 Å². The van der Waals surface area contributed by atoms with E-state index in [4.69, 9.17) is 0 Å². The number of hydrogen-bond donors (Lipinski definition) is 0. The van der Waals surface area contributed by atoms with E-state index >= 15 is 0 Å². The third kappa shape index (κ3) is 5.47. The fourth-order valence-corrected chi connectivity index (χ4v) is 8.31. The van der Waals surface area contributed by atoms with Crippen LogP contribution in [0.15, 0.2) is 24.3 Å². The van der Waals surface area contributed by atoms with Gasteiger partial charge in [0.2, 0.25) is 23.2 Å². The van der Waals surface area contributed by atoms with E-state index in [1.807, 2.05) is 12.1 Å². The van der Waals surface area contributed by atoms with Crippen LogP contribution in [-0.2, 0) is 6.42 Å². The number of halogens is 5. The van der Waals surface area contributed by atoms with Crippen molar-refractivity contribution < 1.29 is 36.3 Å². The first-order chi connectivity index (χ1) is 19.6. The highest BCUT2D eigenvalue weighted by atomic mass is 32.1. The second kappa shape index (κ2) is 12.1. The van der Waals surface area contributed by atoms with Crippen LogP contribution in [0, 0.1) is 29.1 Å². The van der Waals surface area contributed by atoms with Crippen molar-refractivity contribution in [1.82, 2.24) is 0 Å². The first kappa shape index (κ1) is 29.5. The predicted octanol–water partition coefficient (Wildman–Crippen LogP) is 9.80. The summed E-state index contributed by atoms with van der Waals surface area (Å²) in [6, 6.07) is 6.60. The molecule has 1 aliphatic rings. The lowest BCUT2D eigenvalue weighted by Crippen LogP contribution is -2.18. The molecule has 1 aromatic carbocycles. The normalized spacial score (nSPS) is 12.6. The molecule has 0 saturated heterocycles. The average molecular weight is 623 g/mol. The van der Waals surface area contributed by atoms with Crippen LogP contribution in [-0.4, -0.2) is 17.3 Å². The molecule has 0 bridgehead atoms. The minimum atomic E-state index is -2.38. The van der Waals surface area contributed by atoms with Gasteiger partial charge < -0.3 is 0 Å². The predicted molar refractivity (Wildman–Crippen MR) is 151 cm³/mol. The van der Waals surface area contributed by atoms with Crippen molar-refractivity contribution >= 4 is 51.4 Å². The van der Waals surface area contributed by atoms with Crippen molar-refractivity contribution in [1.29, 1.82) is 0 Å². The first-order valence-corrected chi connectivity index (χ1v) is 15.6. The molecular formula is C30H23F5O3S3. The Morgan fingerprint density at radius 1 is 0.659 bits per heavy atom. The maximum Gasteiger partial charge on any atom is 0.235 e. The number of thiophene rings is 3. The summed E-state index contributed by atoms with van der Waals surface area (Å²) in [6.07, 6.45) is 9.40. The molecule has 11 heteroatoms. The topological polar surface area (TPSA) is 51.2 Å².